The number of halogens is 3. The van der Waals surface area contributed by atoms with Crippen molar-refractivity contribution in [3.63, 3.8) is 0 Å². The van der Waals surface area contributed by atoms with Gasteiger partial charge in [0, 0.05) is 30.0 Å². The van der Waals surface area contributed by atoms with E-state index in [1.807, 2.05) is 13.8 Å². The molecule has 0 radical (unpaired) electrons. The highest BCUT2D eigenvalue weighted by Gasteiger charge is 2.31. The molecule has 1 unspecified atom stereocenters. The SMILES string of the molecule is C=S(=O)(NC#N)c1ccc(CNC(=O)c2cn(C(C)C)c(C)c(-c3cccc(C(F)(F)F)c3)c2=O)cc1C. The molecule has 7 nitrogen and oxygen atoms in total. The Kier molecular flexibility index (Phi) is 8.07. The Morgan fingerprint density at radius 2 is 1.87 bits per heavy atom. The quantitative estimate of drug-likeness (QED) is 0.255. The topological polar surface area (TPSA) is 104 Å². The monoisotopic (exact) mass is 544 g/mol. The van der Waals surface area contributed by atoms with Crippen molar-refractivity contribution in [2.75, 3.05) is 0 Å². The number of nitriles is 1. The van der Waals surface area contributed by atoms with E-state index in [0.717, 1.165) is 12.1 Å². The molecule has 3 aromatic rings. The number of rotatable bonds is 7. The number of benzene rings is 2. The lowest BCUT2D eigenvalue weighted by molar-refractivity contribution is -0.137. The van der Waals surface area contributed by atoms with E-state index in [9.17, 15) is 27.0 Å². The van der Waals surface area contributed by atoms with Gasteiger partial charge in [-0.3, -0.25) is 9.59 Å². The summed E-state index contributed by atoms with van der Waals surface area (Å²) >= 11 is 0. The number of hydrogen-bond acceptors (Lipinski definition) is 4. The number of nitrogens with zero attached hydrogens (tertiary/aromatic N) is 2. The average molecular weight is 545 g/mol. The second-order valence-corrected chi connectivity index (χ2v) is 11.1. The number of aromatic nitrogens is 1. The van der Waals surface area contributed by atoms with Crippen molar-refractivity contribution in [2.45, 2.75) is 51.4 Å². The van der Waals surface area contributed by atoms with E-state index in [1.165, 1.54) is 18.3 Å². The molecule has 1 amide bonds. The maximum Gasteiger partial charge on any atom is 0.416 e. The van der Waals surface area contributed by atoms with Crippen molar-refractivity contribution in [1.82, 2.24) is 14.6 Å². The molecule has 2 aromatic carbocycles. The molecule has 0 saturated carbocycles. The van der Waals surface area contributed by atoms with E-state index in [2.05, 4.69) is 15.9 Å². The fourth-order valence-electron chi connectivity index (χ4n) is 4.21. The number of pyridine rings is 1. The molecule has 0 aliphatic rings. The van der Waals surface area contributed by atoms with Crippen LogP contribution in [-0.4, -0.2) is 20.6 Å². The zero-order chi connectivity index (χ0) is 28.4. The van der Waals surface area contributed by atoms with Gasteiger partial charge in [-0.2, -0.15) is 18.4 Å². The lowest BCUT2D eigenvalue weighted by atomic mass is 9.98. The number of aryl methyl sites for hydroxylation is 1. The van der Waals surface area contributed by atoms with E-state index in [0.29, 0.717) is 21.7 Å². The first-order valence-corrected chi connectivity index (χ1v) is 13.2. The van der Waals surface area contributed by atoms with Crippen LogP contribution >= 0.6 is 0 Å². The lowest BCUT2D eigenvalue weighted by Gasteiger charge is -2.20. The number of carbonyl (C=O) groups is 1. The highest BCUT2D eigenvalue weighted by atomic mass is 32.2. The predicted octanol–water partition coefficient (Wildman–Crippen LogP) is 4.72. The summed E-state index contributed by atoms with van der Waals surface area (Å²) < 4.78 is 56.4. The molecule has 0 fully saturated rings. The van der Waals surface area contributed by atoms with Gasteiger partial charge in [0.1, 0.15) is 5.56 Å². The van der Waals surface area contributed by atoms with Gasteiger partial charge >= 0.3 is 6.18 Å². The van der Waals surface area contributed by atoms with Crippen molar-refractivity contribution in [3.8, 4) is 17.3 Å². The van der Waals surface area contributed by atoms with Gasteiger partial charge in [0.15, 0.2) is 6.19 Å². The Morgan fingerprint density at radius 1 is 1.18 bits per heavy atom. The fourth-order valence-corrected chi connectivity index (χ4v) is 5.33. The molecule has 0 saturated heterocycles. The van der Waals surface area contributed by atoms with Gasteiger partial charge in [-0.05, 0) is 68.5 Å². The van der Waals surface area contributed by atoms with Crippen LogP contribution in [0, 0.1) is 25.3 Å². The maximum absolute atomic E-state index is 13.4. The Labute approximate surface area is 219 Å². The Hall–Kier alpha value is -4.04. The zero-order valence-corrected chi connectivity index (χ0v) is 22.1. The standard InChI is InChI=1S/C27H27F3N4O3S/c1-16(2)34-14-22(25(35)24(18(34)4)20-7-6-8-21(12-20)27(28,29)30)26(36)32-13-19-9-10-23(17(3)11-19)38(5,37)33-15-31/h6-12,14,16H,5,13H2,1-4H3,(H,32,36)(H,33,37). The highest BCUT2D eigenvalue weighted by molar-refractivity contribution is 7.98. The van der Waals surface area contributed by atoms with Crippen LogP contribution in [0.25, 0.3) is 11.1 Å². The van der Waals surface area contributed by atoms with Gasteiger partial charge < -0.3 is 9.88 Å². The third-order valence-corrected chi connectivity index (χ3v) is 7.62. The second-order valence-electron chi connectivity index (χ2n) is 9.08. The van der Waals surface area contributed by atoms with Crippen LogP contribution in [0.5, 0.6) is 0 Å². The van der Waals surface area contributed by atoms with Gasteiger partial charge in [0.2, 0.25) is 5.43 Å². The minimum absolute atomic E-state index is 0.0212. The predicted molar refractivity (Wildman–Crippen MR) is 141 cm³/mol. The van der Waals surface area contributed by atoms with E-state index in [1.54, 1.807) is 42.8 Å². The minimum atomic E-state index is -4.59. The molecule has 1 heterocycles. The number of nitrogens with one attached hydrogen (secondary N) is 2. The molecule has 1 atom stereocenters. The molecule has 2 N–H and O–H groups in total. The largest absolute Gasteiger partial charge is 0.416 e. The van der Waals surface area contributed by atoms with Crippen LogP contribution in [0.1, 0.15) is 52.6 Å². The molecule has 11 heteroatoms. The maximum atomic E-state index is 13.4. The van der Waals surface area contributed by atoms with Crippen LogP contribution in [0.15, 0.2) is 58.4 Å². The first kappa shape index (κ1) is 28.5. The Morgan fingerprint density at radius 3 is 2.45 bits per heavy atom. The minimum Gasteiger partial charge on any atom is -0.348 e. The van der Waals surface area contributed by atoms with E-state index in [-0.39, 0.29) is 29.3 Å². The number of hydrogen-bond donors (Lipinski definition) is 2. The van der Waals surface area contributed by atoms with Gasteiger partial charge in [0.25, 0.3) is 5.91 Å². The molecule has 0 spiro atoms. The summed E-state index contributed by atoms with van der Waals surface area (Å²) in [5, 5.41) is 11.5. The van der Waals surface area contributed by atoms with Crippen molar-refractivity contribution >= 4 is 21.5 Å². The highest BCUT2D eigenvalue weighted by Crippen LogP contribution is 2.32. The molecule has 0 bridgehead atoms. The van der Waals surface area contributed by atoms with Gasteiger partial charge in [0.05, 0.1) is 20.2 Å². The van der Waals surface area contributed by atoms with Crippen LogP contribution in [-0.2, 0) is 22.4 Å². The van der Waals surface area contributed by atoms with Crippen molar-refractivity contribution < 1.29 is 22.2 Å². The first-order valence-electron chi connectivity index (χ1n) is 11.5. The molecule has 200 valence electrons. The summed E-state index contributed by atoms with van der Waals surface area (Å²) in [6, 6.07) is 9.12. The van der Waals surface area contributed by atoms with Gasteiger partial charge in [-0.15, -0.1) is 0 Å². The van der Waals surface area contributed by atoms with Crippen LogP contribution in [0.4, 0.5) is 13.2 Å². The smallest absolute Gasteiger partial charge is 0.348 e. The lowest BCUT2D eigenvalue weighted by Crippen LogP contribution is -2.31. The van der Waals surface area contributed by atoms with E-state index in [4.69, 9.17) is 5.26 Å². The number of carbonyl (C=O) groups excluding carboxylic acids is 1. The number of amides is 1. The molecule has 38 heavy (non-hydrogen) atoms. The molecular formula is C27H27F3N4O3S. The summed E-state index contributed by atoms with van der Waals surface area (Å²) in [4.78, 5) is 26.9. The summed E-state index contributed by atoms with van der Waals surface area (Å²) in [5.41, 5.74) is -0.0195. The summed E-state index contributed by atoms with van der Waals surface area (Å²) in [7, 11) is -3.01. The van der Waals surface area contributed by atoms with Crippen LogP contribution in [0.2, 0.25) is 0 Å². The van der Waals surface area contributed by atoms with Gasteiger partial charge in [-0.1, -0.05) is 24.3 Å². The molecule has 0 aliphatic carbocycles. The summed E-state index contributed by atoms with van der Waals surface area (Å²) in [5.74, 6) is 2.86. The van der Waals surface area contributed by atoms with E-state index < -0.39 is 32.8 Å². The normalized spacial score (nSPS) is 13.0. The Balaban J connectivity index is 1.99. The molecule has 0 aliphatic heterocycles. The van der Waals surface area contributed by atoms with Crippen LogP contribution < -0.4 is 15.5 Å². The zero-order valence-electron chi connectivity index (χ0n) is 21.3. The van der Waals surface area contributed by atoms with E-state index >= 15 is 0 Å². The van der Waals surface area contributed by atoms with Gasteiger partial charge in [-0.25, -0.2) is 8.93 Å². The first-order chi connectivity index (χ1) is 17.7. The summed E-state index contributed by atoms with van der Waals surface area (Å²) in [6.45, 7) is 7.01. The number of alkyl halides is 3. The molecule has 3 rings (SSSR count). The second kappa shape index (κ2) is 10.8. The molecular weight excluding hydrogens is 517 g/mol. The third-order valence-electron chi connectivity index (χ3n) is 6.03. The van der Waals surface area contributed by atoms with Crippen molar-refractivity contribution in [1.29, 1.82) is 5.26 Å². The molecule has 1 aromatic heterocycles. The van der Waals surface area contributed by atoms with Crippen molar-refractivity contribution in [2.24, 2.45) is 0 Å². The third kappa shape index (κ3) is 5.92. The average Bonchev–Trinajstić information content (AvgIpc) is 2.82. The van der Waals surface area contributed by atoms with Crippen LogP contribution in [0.3, 0.4) is 0 Å². The summed E-state index contributed by atoms with van der Waals surface area (Å²) in [6.07, 6.45) is -1.55. The fraction of sp³-hybridized carbons (Fsp3) is 0.259. The Bertz CT molecular complexity index is 1600. The van der Waals surface area contributed by atoms with Crippen molar-refractivity contribution in [3.05, 3.63) is 86.8 Å².